The van der Waals surface area contributed by atoms with E-state index in [1.807, 2.05) is 12.1 Å². The highest BCUT2D eigenvalue weighted by atomic mass is 16.1. The van der Waals surface area contributed by atoms with Crippen LogP contribution in [0.4, 0.5) is 0 Å². The monoisotopic (exact) mass is 146 g/mol. The first kappa shape index (κ1) is 6.09. The van der Waals surface area contributed by atoms with E-state index in [0.29, 0.717) is 0 Å². The van der Waals surface area contributed by atoms with Crippen LogP contribution >= 0.6 is 0 Å². The summed E-state index contributed by atoms with van der Waals surface area (Å²) in [5.41, 5.74) is 1.52. The number of nitrogens with one attached hydrogen (secondary N) is 1. The Hall–Kier alpha value is -1.64. The summed E-state index contributed by atoms with van der Waals surface area (Å²) in [5, 5.41) is 0. The minimum atomic E-state index is -0.0695. The van der Waals surface area contributed by atoms with E-state index in [0.717, 1.165) is 11.4 Å². The van der Waals surface area contributed by atoms with Gasteiger partial charge in [0.25, 0.3) is 0 Å². The van der Waals surface area contributed by atoms with Crippen LogP contribution in [0.1, 0.15) is 0 Å². The zero-order chi connectivity index (χ0) is 7.68. The van der Waals surface area contributed by atoms with Crippen molar-refractivity contribution in [1.29, 1.82) is 0 Å². The van der Waals surface area contributed by atoms with Crippen molar-refractivity contribution in [2.75, 3.05) is 0 Å². The largest absolute Gasteiger partial charge is 0.360 e. The van der Waals surface area contributed by atoms with Gasteiger partial charge < -0.3 is 4.98 Å². The summed E-state index contributed by atoms with van der Waals surface area (Å²) in [6.45, 7) is 0. The van der Waals surface area contributed by atoms with Gasteiger partial charge in [-0.1, -0.05) is 0 Å². The molecule has 2 heterocycles. The molecule has 0 spiro atoms. The van der Waals surface area contributed by atoms with Crippen LogP contribution in [-0.4, -0.2) is 9.97 Å². The maximum atomic E-state index is 10.8. The molecule has 2 rings (SSSR count). The summed E-state index contributed by atoms with van der Waals surface area (Å²) in [5.74, 6) is 0. The summed E-state index contributed by atoms with van der Waals surface area (Å²) >= 11 is 0. The van der Waals surface area contributed by atoms with E-state index < -0.39 is 0 Å². The molecule has 0 aromatic rings. The van der Waals surface area contributed by atoms with Crippen molar-refractivity contribution in [1.82, 2.24) is 9.97 Å². The molecule has 0 bridgehead atoms. The lowest BCUT2D eigenvalue weighted by Crippen LogP contribution is -2.01. The Morgan fingerprint density at radius 2 is 2.36 bits per heavy atom. The molecule has 0 fully saturated rings. The van der Waals surface area contributed by atoms with Crippen LogP contribution in [0.25, 0.3) is 11.4 Å². The van der Waals surface area contributed by atoms with Crippen molar-refractivity contribution in [2.45, 2.75) is 0 Å². The van der Waals surface area contributed by atoms with Gasteiger partial charge in [0.1, 0.15) is 0 Å². The minimum Gasteiger partial charge on any atom is -0.360 e. The van der Waals surface area contributed by atoms with E-state index in [4.69, 9.17) is 0 Å². The highest BCUT2D eigenvalue weighted by Crippen LogP contribution is 2.10. The Balaban J connectivity index is 2.84. The third-order valence-corrected chi connectivity index (χ3v) is 1.48. The zero-order valence-electron chi connectivity index (χ0n) is 5.74. The van der Waals surface area contributed by atoms with Crippen LogP contribution in [0.2, 0.25) is 0 Å². The number of H-pyrrole nitrogens is 1. The van der Waals surface area contributed by atoms with E-state index in [1.54, 1.807) is 6.20 Å². The Morgan fingerprint density at radius 1 is 1.45 bits per heavy atom. The Labute approximate surface area is 63.1 Å². The molecule has 0 saturated carbocycles. The van der Waals surface area contributed by atoms with Crippen molar-refractivity contribution in [3.8, 4) is 11.4 Å². The minimum absolute atomic E-state index is 0.0695. The normalized spacial score (nSPS) is 10.2. The van der Waals surface area contributed by atoms with Gasteiger partial charge in [0.05, 0.1) is 17.6 Å². The van der Waals surface area contributed by atoms with Crippen molar-refractivity contribution in [2.24, 2.45) is 0 Å². The molecule has 0 aromatic carbocycles. The van der Waals surface area contributed by atoms with E-state index in [2.05, 4.69) is 9.97 Å². The third-order valence-electron chi connectivity index (χ3n) is 1.48. The fourth-order valence-corrected chi connectivity index (χ4v) is 0.982. The fourth-order valence-electron chi connectivity index (χ4n) is 0.982. The molecule has 1 N–H and O–H groups in total. The number of aromatic nitrogens is 2. The molecule has 3 nitrogen and oxygen atoms in total. The number of aromatic amines is 1. The molecule has 0 aromatic heterocycles. The highest BCUT2D eigenvalue weighted by Gasteiger charge is 1.99. The summed E-state index contributed by atoms with van der Waals surface area (Å²) in [7, 11) is 0. The average Bonchev–Trinajstić information content (AvgIpc) is 2.04. The average molecular weight is 146 g/mol. The van der Waals surface area contributed by atoms with Crippen molar-refractivity contribution in [3.63, 3.8) is 0 Å². The lowest BCUT2D eigenvalue weighted by atomic mass is 10.2. The predicted octanol–water partition coefficient (Wildman–Crippen LogP) is 0.875. The first-order valence-electron chi connectivity index (χ1n) is 3.30. The summed E-state index contributed by atoms with van der Waals surface area (Å²) in [6.07, 6.45) is 3.08. The number of hydrogen-bond acceptors (Lipinski definition) is 2. The SMILES string of the molecule is O=c1cnc2ccc[nH]c-2c1. The van der Waals surface area contributed by atoms with Crippen LogP contribution in [0, 0.1) is 0 Å². The second-order valence-corrected chi connectivity index (χ2v) is 2.27. The number of fused-ring (bicyclic) bond motifs is 1. The van der Waals surface area contributed by atoms with Crippen LogP contribution in [0.3, 0.4) is 0 Å². The topological polar surface area (TPSA) is 45.8 Å². The highest BCUT2D eigenvalue weighted by molar-refractivity contribution is 5.53. The molecular formula is C8H6N2O. The Bertz CT molecular complexity index is 394. The fraction of sp³-hybridized carbons (Fsp3) is 0. The molecule has 2 aliphatic rings. The first-order chi connectivity index (χ1) is 5.36. The molecule has 0 radical (unpaired) electrons. The second-order valence-electron chi connectivity index (χ2n) is 2.27. The molecule has 0 amide bonds. The molecular weight excluding hydrogens is 140 g/mol. The van der Waals surface area contributed by atoms with Crippen LogP contribution in [0.5, 0.6) is 0 Å². The Morgan fingerprint density at radius 3 is 3.27 bits per heavy atom. The molecule has 0 unspecified atom stereocenters. The maximum absolute atomic E-state index is 10.8. The molecule has 0 aliphatic carbocycles. The van der Waals surface area contributed by atoms with Crippen LogP contribution < -0.4 is 5.43 Å². The summed E-state index contributed by atoms with van der Waals surface area (Å²) in [6, 6.07) is 5.23. The third kappa shape index (κ3) is 1.00. The van der Waals surface area contributed by atoms with Crippen LogP contribution in [0.15, 0.2) is 35.4 Å². The summed E-state index contributed by atoms with van der Waals surface area (Å²) < 4.78 is 0. The van der Waals surface area contributed by atoms with Gasteiger partial charge in [0, 0.05) is 12.3 Å². The van der Waals surface area contributed by atoms with Gasteiger partial charge in [-0.25, -0.2) is 0 Å². The van der Waals surface area contributed by atoms with Gasteiger partial charge in [0.15, 0.2) is 5.43 Å². The molecule has 0 atom stereocenters. The van der Waals surface area contributed by atoms with Gasteiger partial charge in [-0.3, -0.25) is 9.78 Å². The van der Waals surface area contributed by atoms with Crippen LogP contribution in [-0.2, 0) is 0 Å². The van der Waals surface area contributed by atoms with Gasteiger partial charge in [-0.05, 0) is 12.1 Å². The lowest BCUT2D eigenvalue weighted by Gasteiger charge is -1.99. The second kappa shape index (κ2) is 2.20. The molecule has 11 heavy (non-hydrogen) atoms. The van der Waals surface area contributed by atoms with Crippen molar-refractivity contribution in [3.05, 3.63) is 40.8 Å². The smallest absolute Gasteiger partial charge is 0.198 e. The first-order valence-corrected chi connectivity index (χ1v) is 3.30. The molecule has 2 aliphatic heterocycles. The number of pyridine rings is 2. The quantitative estimate of drug-likeness (QED) is 0.599. The van der Waals surface area contributed by atoms with Gasteiger partial charge in [0.2, 0.25) is 0 Å². The predicted molar refractivity (Wildman–Crippen MR) is 41.5 cm³/mol. The lowest BCUT2D eigenvalue weighted by molar-refractivity contribution is 1.20. The van der Waals surface area contributed by atoms with E-state index in [9.17, 15) is 4.79 Å². The molecule has 54 valence electrons. The van der Waals surface area contributed by atoms with Crippen molar-refractivity contribution >= 4 is 0 Å². The number of nitrogens with zero attached hydrogens (tertiary/aromatic N) is 1. The zero-order valence-corrected chi connectivity index (χ0v) is 5.74. The number of rotatable bonds is 0. The van der Waals surface area contributed by atoms with Gasteiger partial charge in [-0.15, -0.1) is 0 Å². The molecule has 0 saturated heterocycles. The van der Waals surface area contributed by atoms with Crippen molar-refractivity contribution < 1.29 is 0 Å². The van der Waals surface area contributed by atoms with E-state index >= 15 is 0 Å². The number of hydrogen-bond donors (Lipinski definition) is 1. The van der Waals surface area contributed by atoms with Gasteiger partial charge in [-0.2, -0.15) is 0 Å². The summed E-state index contributed by atoms with van der Waals surface area (Å²) in [4.78, 5) is 17.7. The standard InChI is InChI=1S/C8H6N2O/c11-6-4-8-7(10-5-6)2-1-3-9-8/h1-5,9H. The van der Waals surface area contributed by atoms with E-state index in [1.165, 1.54) is 12.3 Å². The molecule has 3 heteroatoms. The van der Waals surface area contributed by atoms with E-state index in [-0.39, 0.29) is 5.43 Å². The van der Waals surface area contributed by atoms with Gasteiger partial charge >= 0.3 is 0 Å². The maximum Gasteiger partial charge on any atom is 0.198 e. The Kier molecular flexibility index (Phi) is 1.22.